The molecule has 0 bridgehead atoms. The Kier molecular flexibility index (Phi) is 4.72. The van der Waals surface area contributed by atoms with Crippen LogP contribution in [-0.2, 0) is 4.74 Å². The third kappa shape index (κ3) is 3.53. The zero-order valence-corrected chi connectivity index (χ0v) is 11.6. The lowest BCUT2D eigenvalue weighted by Gasteiger charge is -2.26. The predicted molar refractivity (Wildman–Crippen MR) is 77.3 cm³/mol. The Labute approximate surface area is 114 Å². The van der Waals surface area contributed by atoms with Crippen LogP contribution in [0.25, 0.3) is 0 Å². The van der Waals surface area contributed by atoms with Crippen LogP contribution in [0.3, 0.4) is 0 Å². The fourth-order valence-corrected chi connectivity index (χ4v) is 2.55. The van der Waals surface area contributed by atoms with Crippen LogP contribution in [0, 0.1) is 5.92 Å². The lowest BCUT2D eigenvalue weighted by atomic mass is 9.96. The number of halogens is 1. The van der Waals surface area contributed by atoms with E-state index in [1.807, 2.05) is 18.2 Å². The van der Waals surface area contributed by atoms with Gasteiger partial charge >= 0.3 is 0 Å². The second kappa shape index (κ2) is 6.30. The van der Waals surface area contributed by atoms with Crippen molar-refractivity contribution in [2.75, 3.05) is 37.4 Å². The van der Waals surface area contributed by atoms with E-state index in [4.69, 9.17) is 22.1 Å². The Balaban J connectivity index is 1.90. The van der Waals surface area contributed by atoms with E-state index in [1.54, 1.807) is 0 Å². The molecule has 100 valence electrons. The van der Waals surface area contributed by atoms with E-state index in [-0.39, 0.29) is 0 Å². The van der Waals surface area contributed by atoms with Crippen molar-refractivity contribution in [2.24, 2.45) is 5.92 Å². The van der Waals surface area contributed by atoms with Crippen LogP contribution in [0.1, 0.15) is 19.3 Å². The highest BCUT2D eigenvalue weighted by atomic mass is 35.5. The topological polar surface area (TPSA) is 38.5 Å². The van der Waals surface area contributed by atoms with E-state index in [0.717, 1.165) is 42.1 Å². The molecule has 2 rings (SSSR count). The molecule has 2 N–H and O–H groups in total. The average molecular weight is 269 g/mol. The summed E-state index contributed by atoms with van der Waals surface area (Å²) in [6, 6.07) is 5.62. The number of rotatable bonds is 4. The number of benzene rings is 1. The predicted octanol–water partition coefficient (Wildman–Crippen LogP) is 3.18. The van der Waals surface area contributed by atoms with Gasteiger partial charge < -0.3 is 15.4 Å². The summed E-state index contributed by atoms with van der Waals surface area (Å²) < 4.78 is 5.37. The van der Waals surface area contributed by atoms with Crippen molar-refractivity contribution in [1.82, 2.24) is 0 Å². The van der Waals surface area contributed by atoms with Gasteiger partial charge in [-0.2, -0.15) is 0 Å². The smallest absolute Gasteiger partial charge is 0.0612 e. The van der Waals surface area contributed by atoms with Crippen molar-refractivity contribution in [3.8, 4) is 0 Å². The van der Waals surface area contributed by atoms with Gasteiger partial charge in [0, 0.05) is 31.8 Å². The molecule has 1 heterocycles. The summed E-state index contributed by atoms with van der Waals surface area (Å²) in [6.45, 7) is 2.83. The maximum atomic E-state index is 6.01. The number of ether oxygens (including phenoxy) is 1. The first-order chi connectivity index (χ1) is 8.66. The number of hydrogen-bond acceptors (Lipinski definition) is 3. The largest absolute Gasteiger partial charge is 0.397 e. The molecular weight excluding hydrogens is 248 g/mol. The minimum Gasteiger partial charge on any atom is -0.397 e. The molecule has 0 spiro atoms. The highest BCUT2D eigenvalue weighted by molar-refractivity contribution is 6.31. The fraction of sp³-hybridized carbons (Fsp3) is 0.571. The molecule has 0 aliphatic carbocycles. The van der Waals surface area contributed by atoms with Crippen molar-refractivity contribution in [2.45, 2.75) is 19.3 Å². The van der Waals surface area contributed by atoms with E-state index in [9.17, 15) is 0 Å². The molecule has 0 unspecified atom stereocenters. The lowest BCUT2D eigenvalue weighted by Crippen LogP contribution is -2.24. The van der Waals surface area contributed by atoms with Crippen molar-refractivity contribution in [3.05, 3.63) is 23.2 Å². The zero-order valence-electron chi connectivity index (χ0n) is 10.9. The number of nitrogens with zero attached hydrogens (tertiary/aromatic N) is 1. The van der Waals surface area contributed by atoms with Gasteiger partial charge in [0.1, 0.15) is 0 Å². The molecule has 0 atom stereocenters. The highest BCUT2D eigenvalue weighted by Crippen LogP contribution is 2.27. The Morgan fingerprint density at radius 2 is 2.11 bits per heavy atom. The fourth-order valence-electron chi connectivity index (χ4n) is 2.38. The quantitative estimate of drug-likeness (QED) is 0.853. The van der Waals surface area contributed by atoms with Crippen LogP contribution in [0.4, 0.5) is 11.4 Å². The van der Waals surface area contributed by atoms with Crippen LogP contribution in [-0.4, -0.2) is 26.8 Å². The number of nitrogen functional groups attached to an aromatic ring is 1. The van der Waals surface area contributed by atoms with E-state index in [2.05, 4.69) is 11.9 Å². The molecule has 0 saturated carbocycles. The molecule has 0 radical (unpaired) electrons. The minimum absolute atomic E-state index is 0.733. The summed E-state index contributed by atoms with van der Waals surface area (Å²) in [7, 11) is 2.07. The second-order valence-electron chi connectivity index (χ2n) is 4.97. The molecule has 4 heteroatoms. The van der Waals surface area contributed by atoms with Crippen molar-refractivity contribution >= 4 is 23.0 Å². The van der Waals surface area contributed by atoms with E-state index in [0.29, 0.717) is 0 Å². The molecule has 1 aromatic rings. The van der Waals surface area contributed by atoms with Crippen LogP contribution in [0.15, 0.2) is 18.2 Å². The SMILES string of the molecule is CN(CCC1CCOCC1)c1cc(Cl)ccc1N. The van der Waals surface area contributed by atoms with E-state index in [1.165, 1.54) is 19.3 Å². The summed E-state index contributed by atoms with van der Waals surface area (Å²) in [5.74, 6) is 0.779. The molecule has 1 fully saturated rings. The van der Waals surface area contributed by atoms with Crippen LogP contribution in [0.2, 0.25) is 5.02 Å². The third-order valence-electron chi connectivity index (χ3n) is 3.62. The van der Waals surface area contributed by atoms with Gasteiger partial charge in [-0.3, -0.25) is 0 Å². The third-order valence-corrected chi connectivity index (χ3v) is 3.85. The summed E-state index contributed by atoms with van der Waals surface area (Å²) >= 11 is 6.01. The summed E-state index contributed by atoms with van der Waals surface area (Å²) in [5.41, 5.74) is 7.79. The normalized spacial score (nSPS) is 16.8. The van der Waals surface area contributed by atoms with Gasteiger partial charge in [-0.05, 0) is 43.4 Å². The maximum Gasteiger partial charge on any atom is 0.0612 e. The molecule has 0 aromatic heterocycles. The molecular formula is C14H21ClN2O. The second-order valence-corrected chi connectivity index (χ2v) is 5.41. The summed E-state index contributed by atoms with van der Waals surface area (Å²) in [4.78, 5) is 2.19. The monoisotopic (exact) mass is 268 g/mol. The average Bonchev–Trinajstić information content (AvgIpc) is 2.40. The number of anilines is 2. The molecule has 0 amide bonds. The first-order valence-electron chi connectivity index (χ1n) is 6.50. The van der Waals surface area contributed by atoms with Gasteiger partial charge in [0.15, 0.2) is 0 Å². The van der Waals surface area contributed by atoms with Crippen molar-refractivity contribution < 1.29 is 4.74 Å². The number of nitrogens with two attached hydrogens (primary N) is 1. The zero-order chi connectivity index (χ0) is 13.0. The molecule has 1 saturated heterocycles. The Hall–Kier alpha value is -0.930. The number of hydrogen-bond donors (Lipinski definition) is 1. The molecule has 18 heavy (non-hydrogen) atoms. The van der Waals surface area contributed by atoms with Gasteiger partial charge in [-0.1, -0.05) is 11.6 Å². The maximum absolute atomic E-state index is 6.01. The van der Waals surface area contributed by atoms with Gasteiger partial charge in [-0.25, -0.2) is 0 Å². The van der Waals surface area contributed by atoms with Crippen LogP contribution in [0.5, 0.6) is 0 Å². The molecule has 1 aromatic carbocycles. The lowest BCUT2D eigenvalue weighted by molar-refractivity contribution is 0.0645. The van der Waals surface area contributed by atoms with E-state index < -0.39 is 0 Å². The van der Waals surface area contributed by atoms with Gasteiger partial charge in [0.2, 0.25) is 0 Å². The molecule has 1 aliphatic rings. The van der Waals surface area contributed by atoms with Gasteiger partial charge in [0.05, 0.1) is 11.4 Å². The van der Waals surface area contributed by atoms with Gasteiger partial charge in [-0.15, -0.1) is 0 Å². The first-order valence-corrected chi connectivity index (χ1v) is 6.88. The highest BCUT2D eigenvalue weighted by Gasteiger charge is 2.15. The van der Waals surface area contributed by atoms with Crippen LogP contribution >= 0.6 is 11.6 Å². The summed E-state index contributed by atoms with van der Waals surface area (Å²) in [6.07, 6.45) is 3.55. The van der Waals surface area contributed by atoms with Crippen molar-refractivity contribution in [1.29, 1.82) is 0 Å². The molecule has 3 nitrogen and oxygen atoms in total. The molecule has 1 aliphatic heterocycles. The standard InChI is InChI=1S/C14H21ClN2O/c1-17(7-4-11-5-8-18-9-6-11)14-10-12(15)2-3-13(14)16/h2-3,10-11H,4-9,16H2,1H3. The van der Waals surface area contributed by atoms with Crippen LogP contribution < -0.4 is 10.6 Å². The summed E-state index contributed by atoms with van der Waals surface area (Å²) in [5, 5.41) is 0.733. The van der Waals surface area contributed by atoms with Gasteiger partial charge in [0.25, 0.3) is 0 Å². The Morgan fingerprint density at radius 3 is 2.83 bits per heavy atom. The van der Waals surface area contributed by atoms with E-state index >= 15 is 0 Å². The minimum atomic E-state index is 0.733. The van der Waals surface area contributed by atoms with Crippen molar-refractivity contribution in [3.63, 3.8) is 0 Å². The Morgan fingerprint density at radius 1 is 1.39 bits per heavy atom. The first kappa shape index (κ1) is 13.5. The Bertz CT molecular complexity index is 391.